The smallest absolute Gasteiger partial charge is 0.298 e. The first kappa shape index (κ1) is 18.7. The molecule has 9 heteroatoms. The highest BCUT2D eigenvalue weighted by Crippen LogP contribution is 2.33. The second kappa shape index (κ2) is 7.16. The fourth-order valence-corrected chi connectivity index (χ4v) is 3.54. The molecule has 0 radical (unpaired) electrons. The molecule has 1 fully saturated rings. The highest BCUT2D eigenvalue weighted by atomic mass is 19.3. The molecule has 30 heavy (non-hydrogen) atoms. The highest BCUT2D eigenvalue weighted by molar-refractivity contribution is 6.05. The number of hydrogen-bond acceptors (Lipinski definition) is 6. The van der Waals surface area contributed by atoms with Crippen LogP contribution in [0.1, 0.15) is 23.2 Å². The lowest BCUT2D eigenvalue weighted by molar-refractivity contribution is -0.0226. The molecule has 0 unspecified atom stereocenters. The average Bonchev–Trinajstić information content (AvgIpc) is 3.16. The molecule has 1 saturated heterocycles. The van der Waals surface area contributed by atoms with Gasteiger partial charge in [0.05, 0.1) is 0 Å². The van der Waals surface area contributed by atoms with Crippen LogP contribution in [0.15, 0.2) is 40.8 Å². The zero-order chi connectivity index (χ0) is 20.7. The number of nitrogens with one attached hydrogen (secondary N) is 1. The van der Waals surface area contributed by atoms with Gasteiger partial charge in [-0.1, -0.05) is 0 Å². The molecule has 2 aliphatic rings. The topological polar surface area (TPSA) is 76.8 Å². The number of fused-ring (bicyclic) bond motifs is 2. The van der Waals surface area contributed by atoms with E-state index < -0.39 is 5.92 Å². The van der Waals surface area contributed by atoms with Crippen LogP contribution in [0, 0.1) is 0 Å². The number of halogens is 2. The Morgan fingerprint density at radius 3 is 2.60 bits per heavy atom. The average molecular weight is 415 g/mol. The number of ether oxygens (including phenoxy) is 2. The van der Waals surface area contributed by atoms with Crippen LogP contribution in [0.4, 0.5) is 20.5 Å². The van der Waals surface area contributed by atoms with Gasteiger partial charge in [0, 0.05) is 37.2 Å². The standard InChI is InChI=1S/C21H19F2N3O4/c22-21(23)5-7-26(8-6-21)20-25-15-12-14(2-4-16(15)30-20)24-19(27)13-1-3-17-18(11-13)29-10-9-28-17/h1-4,11-12H,5-10H2,(H,24,27). The third-order valence-electron chi connectivity index (χ3n) is 5.20. The molecule has 3 aromatic rings. The van der Waals surface area contributed by atoms with Crippen LogP contribution in [0.3, 0.4) is 0 Å². The molecule has 2 aromatic carbocycles. The Kier molecular flexibility index (Phi) is 4.45. The first-order valence-corrected chi connectivity index (χ1v) is 9.71. The molecule has 5 rings (SSSR count). The Morgan fingerprint density at radius 1 is 1.03 bits per heavy atom. The van der Waals surface area contributed by atoms with Crippen LogP contribution in [-0.2, 0) is 0 Å². The van der Waals surface area contributed by atoms with Gasteiger partial charge in [0.15, 0.2) is 17.1 Å². The lowest BCUT2D eigenvalue weighted by Crippen LogP contribution is -2.39. The summed E-state index contributed by atoms with van der Waals surface area (Å²) in [7, 11) is 0. The predicted octanol–water partition coefficient (Wildman–Crippen LogP) is 4.09. The first-order chi connectivity index (χ1) is 14.5. The van der Waals surface area contributed by atoms with Crippen molar-refractivity contribution in [3.8, 4) is 11.5 Å². The number of benzene rings is 2. The molecule has 7 nitrogen and oxygen atoms in total. The van der Waals surface area contributed by atoms with Crippen molar-refractivity contribution in [2.75, 3.05) is 36.5 Å². The van der Waals surface area contributed by atoms with E-state index in [4.69, 9.17) is 13.9 Å². The van der Waals surface area contributed by atoms with E-state index >= 15 is 0 Å². The number of carbonyl (C=O) groups is 1. The van der Waals surface area contributed by atoms with Crippen molar-refractivity contribution in [3.05, 3.63) is 42.0 Å². The molecule has 1 N–H and O–H groups in total. The van der Waals surface area contributed by atoms with Crippen molar-refractivity contribution in [2.45, 2.75) is 18.8 Å². The maximum atomic E-state index is 13.4. The van der Waals surface area contributed by atoms with E-state index in [-0.39, 0.29) is 31.8 Å². The van der Waals surface area contributed by atoms with Gasteiger partial charge in [-0.3, -0.25) is 4.79 Å². The normalized spacial score (nSPS) is 17.7. The molecule has 0 bridgehead atoms. The van der Waals surface area contributed by atoms with Crippen LogP contribution in [0.25, 0.3) is 11.1 Å². The lowest BCUT2D eigenvalue weighted by Gasteiger charge is -2.30. The van der Waals surface area contributed by atoms with Crippen molar-refractivity contribution >= 4 is 28.7 Å². The number of oxazole rings is 1. The van der Waals surface area contributed by atoms with Crippen LogP contribution >= 0.6 is 0 Å². The molecular weight excluding hydrogens is 396 g/mol. The van der Waals surface area contributed by atoms with Gasteiger partial charge in [-0.2, -0.15) is 4.98 Å². The van der Waals surface area contributed by atoms with E-state index in [9.17, 15) is 13.6 Å². The second-order valence-corrected chi connectivity index (χ2v) is 7.33. The van der Waals surface area contributed by atoms with Crippen LogP contribution in [0.2, 0.25) is 0 Å². The van der Waals surface area contributed by atoms with Crippen molar-refractivity contribution in [2.24, 2.45) is 0 Å². The van der Waals surface area contributed by atoms with Crippen molar-refractivity contribution < 1.29 is 27.5 Å². The molecule has 1 amide bonds. The minimum Gasteiger partial charge on any atom is -0.486 e. The number of amides is 1. The summed E-state index contributed by atoms with van der Waals surface area (Å²) in [6.45, 7) is 1.30. The largest absolute Gasteiger partial charge is 0.486 e. The summed E-state index contributed by atoms with van der Waals surface area (Å²) in [4.78, 5) is 18.7. The molecule has 2 aliphatic heterocycles. The van der Waals surface area contributed by atoms with E-state index in [0.717, 1.165) is 0 Å². The molecule has 1 aromatic heterocycles. The molecule has 0 aliphatic carbocycles. The van der Waals surface area contributed by atoms with Crippen LogP contribution in [-0.4, -0.2) is 43.1 Å². The molecule has 0 atom stereocenters. The summed E-state index contributed by atoms with van der Waals surface area (Å²) >= 11 is 0. The monoisotopic (exact) mass is 415 g/mol. The molecule has 3 heterocycles. The van der Waals surface area contributed by atoms with Gasteiger partial charge in [-0.15, -0.1) is 0 Å². The maximum Gasteiger partial charge on any atom is 0.298 e. The Hall–Kier alpha value is -3.36. The van der Waals surface area contributed by atoms with Crippen molar-refractivity contribution in [3.63, 3.8) is 0 Å². The van der Waals surface area contributed by atoms with Gasteiger partial charge in [-0.25, -0.2) is 8.78 Å². The van der Waals surface area contributed by atoms with Gasteiger partial charge in [0.2, 0.25) is 0 Å². The van der Waals surface area contributed by atoms with Gasteiger partial charge in [0.25, 0.3) is 17.8 Å². The minimum absolute atomic E-state index is 0.188. The summed E-state index contributed by atoms with van der Waals surface area (Å²) < 4.78 is 43.4. The summed E-state index contributed by atoms with van der Waals surface area (Å²) in [6.07, 6.45) is -0.439. The van der Waals surface area contributed by atoms with E-state index in [1.165, 1.54) is 0 Å². The number of aromatic nitrogens is 1. The first-order valence-electron chi connectivity index (χ1n) is 9.71. The molecule has 0 spiro atoms. The van der Waals surface area contributed by atoms with Gasteiger partial charge in [0.1, 0.15) is 18.7 Å². The Labute approximate surface area is 170 Å². The third kappa shape index (κ3) is 3.62. The summed E-state index contributed by atoms with van der Waals surface area (Å²) in [5, 5.41) is 2.83. The minimum atomic E-state index is -2.63. The maximum absolute atomic E-state index is 13.4. The number of nitrogens with zero attached hydrogens (tertiary/aromatic N) is 2. The van der Waals surface area contributed by atoms with Gasteiger partial charge >= 0.3 is 0 Å². The molecular formula is C21H19F2N3O4. The lowest BCUT2D eigenvalue weighted by atomic mass is 10.1. The van der Waals surface area contributed by atoms with E-state index in [1.807, 2.05) is 0 Å². The number of rotatable bonds is 3. The zero-order valence-corrected chi connectivity index (χ0v) is 16.0. The quantitative estimate of drug-likeness (QED) is 0.695. The number of anilines is 2. The SMILES string of the molecule is O=C(Nc1ccc2oc(N3CCC(F)(F)CC3)nc2c1)c1ccc2c(c1)OCCO2. The zero-order valence-electron chi connectivity index (χ0n) is 16.0. The van der Waals surface area contributed by atoms with Crippen LogP contribution in [0.5, 0.6) is 11.5 Å². The van der Waals surface area contributed by atoms with Gasteiger partial charge in [-0.05, 0) is 36.4 Å². The van der Waals surface area contributed by atoms with E-state index in [1.54, 1.807) is 41.3 Å². The fraction of sp³-hybridized carbons (Fsp3) is 0.333. The predicted molar refractivity (Wildman–Crippen MR) is 106 cm³/mol. The Bertz CT molecular complexity index is 1100. The fourth-order valence-electron chi connectivity index (χ4n) is 3.54. The van der Waals surface area contributed by atoms with E-state index in [2.05, 4.69) is 10.3 Å². The Balaban J connectivity index is 1.32. The van der Waals surface area contributed by atoms with Crippen molar-refractivity contribution in [1.29, 1.82) is 0 Å². The number of carbonyl (C=O) groups excluding carboxylic acids is 1. The third-order valence-corrected chi connectivity index (χ3v) is 5.20. The number of piperidine rings is 1. The highest BCUT2D eigenvalue weighted by Gasteiger charge is 2.35. The summed E-state index contributed by atoms with van der Waals surface area (Å²) in [6, 6.07) is 10.4. The molecule has 156 valence electrons. The van der Waals surface area contributed by atoms with Crippen molar-refractivity contribution in [1.82, 2.24) is 4.98 Å². The number of hydrogen-bond donors (Lipinski definition) is 1. The molecule has 0 saturated carbocycles. The Morgan fingerprint density at radius 2 is 1.80 bits per heavy atom. The second-order valence-electron chi connectivity index (χ2n) is 7.33. The summed E-state index contributed by atoms with van der Waals surface area (Å²) in [5.74, 6) is -1.77. The van der Waals surface area contributed by atoms with E-state index in [0.29, 0.717) is 53.1 Å². The van der Waals surface area contributed by atoms with Gasteiger partial charge < -0.3 is 24.1 Å². The number of alkyl halides is 2. The van der Waals surface area contributed by atoms with Crippen LogP contribution < -0.4 is 19.7 Å². The summed E-state index contributed by atoms with van der Waals surface area (Å²) in [5.41, 5.74) is 2.06.